The number of ether oxygens (including phenoxy) is 2. The Hall–Kier alpha value is -2.90. The summed E-state index contributed by atoms with van der Waals surface area (Å²) in [6, 6.07) is 11.2. The maximum Gasteiger partial charge on any atom is 0.387 e. The smallest absolute Gasteiger partial charge is 0.387 e. The first-order chi connectivity index (χ1) is 12.5. The number of halogens is 3. The first-order valence-corrected chi connectivity index (χ1v) is 8.05. The van der Waals surface area contributed by atoms with E-state index in [1.54, 1.807) is 0 Å². The molecule has 1 unspecified atom stereocenters. The van der Waals surface area contributed by atoms with Gasteiger partial charge in [-0.1, -0.05) is 24.3 Å². The van der Waals surface area contributed by atoms with Crippen LogP contribution in [0.2, 0.25) is 0 Å². The third kappa shape index (κ3) is 4.19. The van der Waals surface area contributed by atoms with Gasteiger partial charge in [0.15, 0.2) is 5.96 Å². The van der Waals surface area contributed by atoms with Gasteiger partial charge in [0.25, 0.3) is 0 Å². The Balaban J connectivity index is 1.72. The lowest BCUT2D eigenvalue weighted by molar-refractivity contribution is -0.0506. The van der Waals surface area contributed by atoms with Crippen LogP contribution in [0.4, 0.5) is 13.2 Å². The van der Waals surface area contributed by atoms with Crippen molar-refractivity contribution in [3.05, 3.63) is 59.4 Å². The Morgan fingerprint density at radius 1 is 1.27 bits per heavy atom. The lowest BCUT2D eigenvalue weighted by atomic mass is 10.0. The van der Waals surface area contributed by atoms with E-state index in [9.17, 15) is 13.2 Å². The molecule has 0 aromatic heterocycles. The summed E-state index contributed by atoms with van der Waals surface area (Å²) >= 11 is 0. The second kappa shape index (κ2) is 7.99. The number of rotatable bonds is 5. The molecule has 0 spiro atoms. The number of nitrogens with one attached hydrogen (secondary N) is 1. The van der Waals surface area contributed by atoms with E-state index in [1.807, 2.05) is 24.3 Å². The number of guanidine groups is 1. The average molecular weight is 365 g/mol. The van der Waals surface area contributed by atoms with E-state index in [-0.39, 0.29) is 29.9 Å². The molecular formula is C18H18F3N3O2. The zero-order valence-corrected chi connectivity index (χ0v) is 13.8. The normalized spacial score (nSPS) is 16.8. The Labute approximate surface area is 148 Å². The summed E-state index contributed by atoms with van der Waals surface area (Å²) in [5.41, 5.74) is 6.77. The minimum Gasteiger partial charge on any atom is -0.493 e. The summed E-state index contributed by atoms with van der Waals surface area (Å²) in [5.74, 6) is -0.0900. The summed E-state index contributed by atoms with van der Waals surface area (Å²) in [6.07, 6.45) is 0.687. The van der Waals surface area contributed by atoms with Gasteiger partial charge in [0.2, 0.25) is 0 Å². The number of para-hydroxylation sites is 1. The molecule has 1 aliphatic rings. The molecule has 5 nitrogen and oxygen atoms in total. The molecule has 2 aromatic rings. The number of benzene rings is 2. The van der Waals surface area contributed by atoms with Crippen molar-refractivity contribution >= 4 is 5.96 Å². The van der Waals surface area contributed by atoms with Crippen LogP contribution in [-0.2, 0) is 6.54 Å². The molecule has 0 saturated heterocycles. The zero-order valence-electron chi connectivity index (χ0n) is 13.8. The molecule has 0 bridgehead atoms. The van der Waals surface area contributed by atoms with Crippen LogP contribution in [0.15, 0.2) is 47.5 Å². The number of hydrogen-bond acceptors (Lipinski definition) is 3. The fraction of sp³-hybridized carbons (Fsp3) is 0.278. The standard InChI is InChI=1S/C18H18F3N3O2/c19-13-5-3-7-16(26-17(20)21)12(13)10-23-18(22)24-14-8-9-25-15-6-2-1-4-11(14)15/h1-7,14,17H,8-10H2,(H3,22,23,24). The second-order valence-corrected chi connectivity index (χ2v) is 5.67. The van der Waals surface area contributed by atoms with Crippen molar-refractivity contribution in [3.63, 3.8) is 0 Å². The lowest BCUT2D eigenvalue weighted by Crippen LogP contribution is -2.37. The van der Waals surface area contributed by atoms with E-state index >= 15 is 0 Å². The SMILES string of the molecule is NC(=NCc1c(F)cccc1OC(F)F)NC1CCOc2ccccc21. The van der Waals surface area contributed by atoms with Gasteiger partial charge in [-0.3, -0.25) is 0 Å². The van der Waals surface area contributed by atoms with Crippen LogP contribution in [0.3, 0.4) is 0 Å². The fourth-order valence-corrected chi connectivity index (χ4v) is 2.78. The van der Waals surface area contributed by atoms with E-state index in [2.05, 4.69) is 15.0 Å². The minimum atomic E-state index is -3.05. The highest BCUT2D eigenvalue weighted by Crippen LogP contribution is 2.31. The first kappa shape index (κ1) is 17.9. The van der Waals surface area contributed by atoms with E-state index in [0.717, 1.165) is 17.4 Å². The third-order valence-corrected chi connectivity index (χ3v) is 3.98. The van der Waals surface area contributed by atoms with Gasteiger partial charge in [-0.05, 0) is 18.2 Å². The van der Waals surface area contributed by atoms with Gasteiger partial charge in [-0.25, -0.2) is 9.38 Å². The second-order valence-electron chi connectivity index (χ2n) is 5.67. The molecule has 1 heterocycles. The van der Waals surface area contributed by atoms with Gasteiger partial charge >= 0.3 is 6.61 Å². The van der Waals surface area contributed by atoms with Gasteiger partial charge in [0, 0.05) is 12.0 Å². The van der Waals surface area contributed by atoms with Gasteiger partial charge in [0.1, 0.15) is 17.3 Å². The molecular weight excluding hydrogens is 347 g/mol. The molecule has 0 amide bonds. The fourth-order valence-electron chi connectivity index (χ4n) is 2.78. The number of alkyl halides is 2. The maximum absolute atomic E-state index is 13.9. The van der Waals surface area contributed by atoms with Crippen molar-refractivity contribution in [2.24, 2.45) is 10.7 Å². The highest BCUT2D eigenvalue weighted by atomic mass is 19.3. The molecule has 0 aliphatic carbocycles. The van der Waals surface area contributed by atoms with Crippen molar-refractivity contribution < 1.29 is 22.6 Å². The predicted octanol–water partition coefficient (Wildman–Crippen LogP) is 3.36. The molecule has 0 saturated carbocycles. The minimum absolute atomic E-state index is 0.0788. The number of aliphatic imine (C=N–C) groups is 1. The molecule has 138 valence electrons. The molecule has 3 N–H and O–H groups in total. The highest BCUT2D eigenvalue weighted by molar-refractivity contribution is 5.78. The molecule has 0 radical (unpaired) electrons. The van der Waals surface area contributed by atoms with Gasteiger partial charge in [-0.15, -0.1) is 0 Å². The van der Waals surface area contributed by atoms with Gasteiger partial charge in [-0.2, -0.15) is 8.78 Å². The van der Waals surface area contributed by atoms with Crippen molar-refractivity contribution in [2.75, 3.05) is 6.61 Å². The lowest BCUT2D eigenvalue weighted by Gasteiger charge is -2.27. The van der Waals surface area contributed by atoms with E-state index in [4.69, 9.17) is 10.5 Å². The summed E-state index contributed by atoms with van der Waals surface area (Å²) in [5, 5.41) is 3.06. The van der Waals surface area contributed by atoms with Crippen LogP contribution in [-0.4, -0.2) is 19.2 Å². The van der Waals surface area contributed by atoms with Gasteiger partial charge in [0.05, 0.1) is 24.8 Å². The Morgan fingerprint density at radius 2 is 2.08 bits per heavy atom. The van der Waals surface area contributed by atoms with Crippen molar-refractivity contribution in [2.45, 2.75) is 25.6 Å². The molecule has 3 rings (SSSR count). The Kier molecular flexibility index (Phi) is 5.50. The van der Waals surface area contributed by atoms with Crippen LogP contribution in [0.5, 0.6) is 11.5 Å². The number of nitrogens with zero attached hydrogens (tertiary/aromatic N) is 1. The van der Waals surface area contributed by atoms with Crippen molar-refractivity contribution in [1.29, 1.82) is 0 Å². The Morgan fingerprint density at radius 3 is 2.88 bits per heavy atom. The summed E-state index contributed by atoms with van der Waals surface area (Å²) in [4.78, 5) is 4.07. The third-order valence-electron chi connectivity index (χ3n) is 3.98. The number of nitrogens with two attached hydrogens (primary N) is 1. The van der Waals surface area contributed by atoms with Gasteiger partial charge < -0.3 is 20.5 Å². The van der Waals surface area contributed by atoms with E-state index in [1.165, 1.54) is 12.1 Å². The number of fused-ring (bicyclic) bond motifs is 1. The van der Waals surface area contributed by atoms with Crippen molar-refractivity contribution in [3.8, 4) is 11.5 Å². The van der Waals surface area contributed by atoms with Crippen LogP contribution in [0.25, 0.3) is 0 Å². The quantitative estimate of drug-likeness (QED) is 0.630. The largest absolute Gasteiger partial charge is 0.493 e. The maximum atomic E-state index is 13.9. The summed E-state index contributed by atoms with van der Waals surface area (Å²) in [7, 11) is 0. The molecule has 26 heavy (non-hydrogen) atoms. The monoisotopic (exact) mass is 365 g/mol. The summed E-state index contributed by atoms with van der Waals surface area (Å²) < 4.78 is 48.7. The highest BCUT2D eigenvalue weighted by Gasteiger charge is 2.21. The van der Waals surface area contributed by atoms with Crippen LogP contribution in [0.1, 0.15) is 23.6 Å². The van der Waals surface area contributed by atoms with Crippen LogP contribution in [0, 0.1) is 5.82 Å². The molecule has 1 atom stereocenters. The molecule has 0 fully saturated rings. The van der Waals surface area contributed by atoms with Crippen LogP contribution < -0.4 is 20.5 Å². The topological polar surface area (TPSA) is 68.9 Å². The van der Waals surface area contributed by atoms with E-state index < -0.39 is 12.4 Å². The zero-order chi connectivity index (χ0) is 18.5. The molecule has 8 heteroatoms. The average Bonchev–Trinajstić information content (AvgIpc) is 2.61. The molecule has 1 aliphatic heterocycles. The van der Waals surface area contributed by atoms with E-state index in [0.29, 0.717) is 13.0 Å². The summed E-state index contributed by atoms with van der Waals surface area (Å²) in [6.45, 7) is -2.74. The predicted molar refractivity (Wildman–Crippen MR) is 90.8 cm³/mol. The Bertz CT molecular complexity index is 799. The molecule has 2 aromatic carbocycles. The first-order valence-electron chi connectivity index (χ1n) is 8.05. The van der Waals surface area contributed by atoms with Crippen molar-refractivity contribution in [1.82, 2.24) is 5.32 Å². The van der Waals surface area contributed by atoms with Crippen LogP contribution >= 0.6 is 0 Å². The number of hydrogen-bond donors (Lipinski definition) is 2.